The first-order chi connectivity index (χ1) is 43.9. The van der Waals surface area contributed by atoms with Crippen LogP contribution in [0.15, 0.2) is 55.5 Å². The van der Waals surface area contributed by atoms with E-state index in [4.69, 9.17) is 22.9 Å². The highest BCUT2D eigenvalue weighted by molar-refractivity contribution is 7.98. The van der Waals surface area contributed by atoms with Crippen LogP contribution < -0.4 is 86.7 Å². The standard InChI is InChI=1S/C58H91N21O12S/c1-7-32(4)49(58(91)75-40(50(62)83)12-17-92-6)79-56(89)42(19-36-25-65-29-70-36)73-47(82)28-69-57(90)48(31(2)3)78-51(84)33(5)72-53(86)41(18-34-24-67-39-11-9-8-10-38(34)39)76-54(87)43(20-37-26-66-30-71-37)77-55(88)44(21-45(61)80)74-46(81)27-68-52(85)35(22-63-15-13-59)23-64-16-14-60/h8-11,24-26,29-33,35,40-44,48-49,63-64,67H,7,12-23,27-28,59-60H2,1-6H3,(H2,61,80)(H2,62,83)(H,65,70)(H,66,71)(H,68,85)(H,69,90)(H,72,86)(H,73,82)(H,74,81)(H,75,91)(H,76,87)(H,77,88)(H,78,84)(H,79,89)/t32-,33-,40-,41-,42-,43-,44-,48-,49-/m0/s1. The number of carbonyl (C=O) groups is 12. The number of nitrogens with zero attached hydrogens (tertiary/aromatic N) is 2. The van der Waals surface area contributed by atoms with Crippen LogP contribution in [0.1, 0.15) is 70.8 Å². The van der Waals surface area contributed by atoms with E-state index in [0.29, 0.717) is 66.2 Å². The van der Waals surface area contributed by atoms with Crippen LogP contribution in [0.4, 0.5) is 0 Å². The van der Waals surface area contributed by atoms with E-state index in [2.05, 4.69) is 88.7 Å². The molecule has 0 saturated carbocycles. The average molecular weight is 1310 g/mol. The molecule has 0 aliphatic carbocycles. The molecular formula is C58H91N21O12S. The molecule has 23 N–H and O–H groups in total. The van der Waals surface area contributed by atoms with Crippen LogP contribution in [0, 0.1) is 17.8 Å². The van der Waals surface area contributed by atoms with Crippen LogP contribution in [0.3, 0.4) is 0 Å². The Hall–Kier alpha value is -8.99. The number of aromatic amines is 3. The highest BCUT2D eigenvalue weighted by Gasteiger charge is 2.36. The van der Waals surface area contributed by atoms with Crippen LogP contribution in [0.2, 0.25) is 0 Å². The van der Waals surface area contributed by atoms with Gasteiger partial charge in [0.25, 0.3) is 0 Å². The van der Waals surface area contributed by atoms with Crippen molar-refractivity contribution >= 4 is 93.6 Å². The van der Waals surface area contributed by atoms with E-state index < -0.39 is 156 Å². The van der Waals surface area contributed by atoms with Gasteiger partial charge >= 0.3 is 0 Å². The third-order valence-electron chi connectivity index (χ3n) is 14.7. The highest BCUT2D eigenvalue weighted by atomic mass is 32.2. The van der Waals surface area contributed by atoms with Crippen molar-refractivity contribution in [1.82, 2.24) is 88.7 Å². The maximum Gasteiger partial charge on any atom is 0.243 e. The molecule has 0 aliphatic heterocycles. The Morgan fingerprint density at radius 2 is 1.08 bits per heavy atom. The largest absolute Gasteiger partial charge is 0.370 e. The second-order valence-corrected chi connectivity index (χ2v) is 23.3. The Morgan fingerprint density at radius 1 is 0.565 bits per heavy atom. The molecule has 3 aromatic heterocycles. The Morgan fingerprint density at radius 3 is 1.61 bits per heavy atom. The zero-order valence-corrected chi connectivity index (χ0v) is 53.5. The minimum atomic E-state index is -1.65. The van der Waals surface area contributed by atoms with E-state index in [-0.39, 0.29) is 38.8 Å². The van der Waals surface area contributed by atoms with E-state index in [0.717, 1.165) is 0 Å². The Balaban J connectivity index is 1.49. The van der Waals surface area contributed by atoms with Gasteiger partial charge in [0.1, 0.15) is 48.3 Å². The van der Waals surface area contributed by atoms with E-state index in [1.54, 1.807) is 51.2 Å². The molecule has 3 heterocycles. The lowest BCUT2D eigenvalue weighted by molar-refractivity contribution is -0.136. The van der Waals surface area contributed by atoms with Gasteiger partial charge in [-0.3, -0.25) is 57.5 Å². The number of imidazole rings is 2. The Labute approximate surface area is 536 Å². The van der Waals surface area contributed by atoms with Crippen molar-refractivity contribution in [2.24, 2.45) is 40.7 Å². The summed E-state index contributed by atoms with van der Waals surface area (Å²) in [4.78, 5) is 180. The molecule has 1 aromatic carbocycles. The van der Waals surface area contributed by atoms with Gasteiger partial charge in [0.2, 0.25) is 70.9 Å². The maximum absolute atomic E-state index is 14.6. The fraction of sp³-hybridized carbons (Fsp3) is 0.552. The van der Waals surface area contributed by atoms with E-state index in [9.17, 15) is 57.5 Å². The predicted molar refractivity (Wildman–Crippen MR) is 341 cm³/mol. The van der Waals surface area contributed by atoms with Gasteiger partial charge in [-0.05, 0) is 48.8 Å². The fourth-order valence-electron chi connectivity index (χ4n) is 9.36. The number of aromatic nitrogens is 5. The van der Waals surface area contributed by atoms with Crippen LogP contribution in [-0.2, 0) is 76.8 Å². The number of hydrogen-bond acceptors (Lipinski definition) is 19. The van der Waals surface area contributed by atoms with Crippen molar-refractivity contribution in [3.8, 4) is 0 Å². The smallest absolute Gasteiger partial charge is 0.243 e. The molecule has 4 aromatic rings. The first-order valence-corrected chi connectivity index (χ1v) is 31.6. The van der Waals surface area contributed by atoms with Gasteiger partial charge in [0.15, 0.2) is 0 Å². The molecule has 0 unspecified atom stereocenters. The van der Waals surface area contributed by atoms with Gasteiger partial charge in [0.05, 0.1) is 38.1 Å². The van der Waals surface area contributed by atoms with Gasteiger partial charge in [0, 0.05) is 99.4 Å². The van der Waals surface area contributed by atoms with Crippen molar-refractivity contribution < 1.29 is 57.5 Å². The van der Waals surface area contributed by atoms with E-state index in [1.165, 1.54) is 43.7 Å². The molecule has 0 bridgehead atoms. The molecule has 0 fully saturated rings. The molecular weight excluding hydrogens is 1210 g/mol. The molecule has 4 rings (SSSR count). The zero-order valence-electron chi connectivity index (χ0n) is 52.7. The molecule has 0 saturated heterocycles. The summed E-state index contributed by atoms with van der Waals surface area (Å²) in [6, 6.07) is -3.61. The number of fused-ring (bicyclic) bond motifs is 1. The summed E-state index contributed by atoms with van der Waals surface area (Å²) < 4.78 is 0. The van der Waals surface area contributed by atoms with Gasteiger partial charge < -0.3 is 102 Å². The topological polar surface area (TPSA) is 526 Å². The molecule has 0 radical (unpaired) electrons. The number of rotatable bonds is 43. The second-order valence-electron chi connectivity index (χ2n) is 22.4. The van der Waals surface area contributed by atoms with Crippen molar-refractivity contribution in [3.63, 3.8) is 0 Å². The van der Waals surface area contributed by atoms with Gasteiger partial charge in [-0.1, -0.05) is 52.3 Å². The minimum Gasteiger partial charge on any atom is -0.370 e. The molecule has 34 heteroatoms. The number of thioether (sulfide) groups is 1. The van der Waals surface area contributed by atoms with Gasteiger partial charge in [-0.2, -0.15) is 11.8 Å². The highest BCUT2D eigenvalue weighted by Crippen LogP contribution is 2.20. The summed E-state index contributed by atoms with van der Waals surface area (Å²) in [5, 5.41) is 32.6. The molecule has 9 atom stereocenters. The second kappa shape index (κ2) is 39.3. The number of para-hydroxylation sites is 1. The number of benzene rings is 1. The summed E-state index contributed by atoms with van der Waals surface area (Å²) in [6.45, 7) is 8.76. The monoisotopic (exact) mass is 1310 g/mol. The van der Waals surface area contributed by atoms with Crippen LogP contribution in [0.5, 0.6) is 0 Å². The summed E-state index contributed by atoms with van der Waals surface area (Å²) in [5.41, 5.74) is 24.3. The number of H-pyrrole nitrogens is 3. The number of amides is 12. The number of hydrogen-bond donors (Lipinski definition) is 19. The SMILES string of the molecule is CC[C@H](C)[C@H](NC(=O)[C@H](Cc1cnc[nH]1)NC(=O)CNC(=O)[C@@H](NC(=O)[C@H](C)NC(=O)[C@H](Cc1c[nH]c2ccccc12)NC(=O)[C@H](Cc1cnc[nH]1)NC(=O)[C@H](CC(N)=O)NC(=O)CNC(=O)C(CNCCN)CNCCN)C(C)C)C(=O)N[C@@H](CCSC)C(N)=O. The maximum atomic E-state index is 14.6. The van der Waals surface area contributed by atoms with Gasteiger partial charge in [-0.25, -0.2) is 9.97 Å². The lowest BCUT2D eigenvalue weighted by atomic mass is 9.97. The first-order valence-electron chi connectivity index (χ1n) is 30.2. The van der Waals surface area contributed by atoms with Crippen molar-refractivity contribution in [1.29, 1.82) is 0 Å². The number of nitrogens with one attached hydrogen (secondary N) is 15. The summed E-state index contributed by atoms with van der Waals surface area (Å²) in [6.07, 6.45) is 8.42. The molecule has 12 amide bonds. The summed E-state index contributed by atoms with van der Waals surface area (Å²) in [7, 11) is 0. The van der Waals surface area contributed by atoms with Crippen molar-refractivity contribution in [2.45, 2.75) is 121 Å². The quantitative estimate of drug-likeness (QED) is 0.0184. The van der Waals surface area contributed by atoms with Crippen molar-refractivity contribution in [2.75, 3.05) is 64.4 Å². The van der Waals surface area contributed by atoms with E-state index in [1.807, 2.05) is 13.2 Å². The third kappa shape index (κ3) is 25.4. The van der Waals surface area contributed by atoms with Crippen LogP contribution in [-0.4, -0.2) is 209 Å². The molecule has 0 aliphatic rings. The number of carbonyl (C=O) groups excluding carboxylic acids is 12. The lowest BCUT2D eigenvalue weighted by Crippen LogP contribution is -2.60. The normalized spacial score (nSPS) is 14.2. The molecule has 0 spiro atoms. The Kier molecular flexibility index (Phi) is 32.2. The fourth-order valence-corrected chi connectivity index (χ4v) is 9.83. The van der Waals surface area contributed by atoms with E-state index >= 15 is 0 Å². The molecule has 506 valence electrons. The molecule has 92 heavy (non-hydrogen) atoms. The van der Waals surface area contributed by atoms with Crippen LogP contribution >= 0.6 is 11.8 Å². The van der Waals surface area contributed by atoms with Crippen molar-refractivity contribution in [3.05, 3.63) is 72.5 Å². The first kappa shape index (κ1) is 75.5. The Bertz CT molecular complexity index is 3060. The number of primary amides is 2. The van der Waals surface area contributed by atoms with Crippen LogP contribution in [0.25, 0.3) is 10.9 Å². The van der Waals surface area contributed by atoms with Gasteiger partial charge in [-0.15, -0.1) is 0 Å². The summed E-state index contributed by atoms with van der Waals surface area (Å²) >= 11 is 1.46. The molecule has 33 nitrogen and oxygen atoms in total. The number of nitrogens with two attached hydrogens (primary N) is 4. The third-order valence-corrected chi connectivity index (χ3v) is 15.4. The average Bonchev–Trinajstić information content (AvgIpc) is 1.67. The summed E-state index contributed by atoms with van der Waals surface area (Å²) in [5.74, 6) is -11.0. The zero-order chi connectivity index (χ0) is 67.9. The predicted octanol–water partition coefficient (Wildman–Crippen LogP) is -5.70. The minimum absolute atomic E-state index is 0.114. The lowest BCUT2D eigenvalue weighted by Gasteiger charge is -2.28.